The molecule has 0 amide bonds. The molecule has 3 aromatic carbocycles. The van der Waals surface area contributed by atoms with Crippen LogP contribution in [0.3, 0.4) is 0 Å². The number of halogens is 1. The van der Waals surface area contributed by atoms with E-state index in [1.54, 1.807) is 48.5 Å². The van der Waals surface area contributed by atoms with E-state index in [-0.39, 0.29) is 5.78 Å². The van der Waals surface area contributed by atoms with Crippen molar-refractivity contribution in [1.82, 2.24) is 0 Å². The van der Waals surface area contributed by atoms with E-state index in [0.29, 0.717) is 34.8 Å². The van der Waals surface area contributed by atoms with E-state index in [0.717, 1.165) is 17.3 Å². The van der Waals surface area contributed by atoms with Crippen LogP contribution < -0.4 is 9.47 Å². The fraction of sp³-hybridized carbons (Fsp3) is 0.167. The van der Waals surface area contributed by atoms with Crippen LogP contribution in [0.1, 0.15) is 46.0 Å². The molecule has 0 N–H and O–H groups in total. The molecule has 0 fully saturated rings. The predicted octanol–water partition coefficient (Wildman–Crippen LogP) is 6.08. The highest BCUT2D eigenvalue weighted by Gasteiger charge is 2.16. The van der Waals surface area contributed by atoms with Crippen LogP contribution in [0.2, 0.25) is 0 Å². The minimum atomic E-state index is -0.514. The van der Waals surface area contributed by atoms with Crippen molar-refractivity contribution in [2.75, 3.05) is 6.61 Å². The molecule has 0 atom stereocenters. The van der Waals surface area contributed by atoms with Crippen molar-refractivity contribution >= 4 is 27.7 Å². The summed E-state index contributed by atoms with van der Waals surface area (Å²) in [5, 5.41) is 0. The number of unbranched alkanes of at least 4 members (excludes halogenated alkanes) is 1. The number of carbonyl (C=O) groups excluding carboxylic acids is 2. The van der Waals surface area contributed by atoms with Crippen LogP contribution in [0, 0.1) is 0 Å². The molecule has 0 unspecified atom stereocenters. The summed E-state index contributed by atoms with van der Waals surface area (Å²) in [5.74, 6) is 0.253. The van der Waals surface area contributed by atoms with Gasteiger partial charge < -0.3 is 9.47 Å². The molecule has 0 aliphatic rings. The van der Waals surface area contributed by atoms with Crippen LogP contribution in [-0.2, 0) is 0 Å². The van der Waals surface area contributed by atoms with E-state index < -0.39 is 5.97 Å². The van der Waals surface area contributed by atoms with Gasteiger partial charge in [0.2, 0.25) is 0 Å². The molecule has 29 heavy (non-hydrogen) atoms. The molecule has 148 valence electrons. The second-order valence-electron chi connectivity index (χ2n) is 6.45. The van der Waals surface area contributed by atoms with Crippen molar-refractivity contribution in [3.63, 3.8) is 0 Å². The third kappa shape index (κ3) is 5.55. The molecule has 4 nitrogen and oxygen atoms in total. The Balaban J connectivity index is 1.73. The SMILES string of the molecule is CCCCOc1ccc(Br)cc1C(=O)Oc1ccc(C(=O)c2ccccc2)cc1. The molecule has 0 aromatic heterocycles. The lowest BCUT2D eigenvalue weighted by atomic mass is 10.0. The molecule has 0 bridgehead atoms. The molecular formula is C24H21BrO4. The summed E-state index contributed by atoms with van der Waals surface area (Å²) in [6.07, 6.45) is 1.91. The Morgan fingerprint density at radius 2 is 1.59 bits per heavy atom. The lowest BCUT2D eigenvalue weighted by molar-refractivity contribution is 0.0730. The molecular weight excluding hydrogens is 432 g/mol. The normalized spacial score (nSPS) is 10.4. The third-order valence-electron chi connectivity index (χ3n) is 4.28. The Hall–Kier alpha value is -2.92. The van der Waals surface area contributed by atoms with E-state index >= 15 is 0 Å². The number of ether oxygens (including phenoxy) is 2. The van der Waals surface area contributed by atoms with Gasteiger partial charge in [-0.3, -0.25) is 4.79 Å². The van der Waals surface area contributed by atoms with Crippen LogP contribution >= 0.6 is 15.9 Å². The van der Waals surface area contributed by atoms with Gasteiger partial charge in [-0.05, 0) is 48.9 Å². The molecule has 5 heteroatoms. The van der Waals surface area contributed by atoms with Crippen LogP contribution in [0.15, 0.2) is 77.3 Å². The van der Waals surface area contributed by atoms with E-state index in [4.69, 9.17) is 9.47 Å². The van der Waals surface area contributed by atoms with Gasteiger partial charge in [-0.2, -0.15) is 0 Å². The minimum Gasteiger partial charge on any atom is -0.493 e. The number of ketones is 1. The highest BCUT2D eigenvalue weighted by Crippen LogP contribution is 2.25. The fourth-order valence-corrected chi connectivity index (χ4v) is 3.07. The van der Waals surface area contributed by atoms with Gasteiger partial charge in [-0.25, -0.2) is 4.79 Å². The summed E-state index contributed by atoms with van der Waals surface area (Å²) < 4.78 is 12.0. The molecule has 0 saturated heterocycles. The number of hydrogen-bond donors (Lipinski definition) is 0. The maximum atomic E-state index is 12.7. The molecule has 0 heterocycles. The monoisotopic (exact) mass is 452 g/mol. The first-order chi connectivity index (χ1) is 14.1. The molecule has 0 radical (unpaired) electrons. The van der Waals surface area contributed by atoms with Crippen molar-refractivity contribution in [2.24, 2.45) is 0 Å². The summed E-state index contributed by atoms with van der Waals surface area (Å²) in [7, 11) is 0. The van der Waals surface area contributed by atoms with Gasteiger partial charge in [0.25, 0.3) is 0 Å². The lowest BCUT2D eigenvalue weighted by Gasteiger charge is -2.12. The van der Waals surface area contributed by atoms with Crippen LogP contribution in [0.4, 0.5) is 0 Å². The molecule has 0 saturated carbocycles. The van der Waals surface area contributed by atoms with Gasteiger partial charge in [-0.15, -0.1) is 0 Å². The Morgan fingerprint density at radius 3 is 2.28 bits per heavy atom. The maximum absolute atomic E-state index is 12.7. The van der Waals surface area contributed by atoms with E-state index in [1.165, 1.54) is 0 Å². The zero-order valence-electron chi connectivity index (χ0n) is 16.1. The number of rotatable bonds is 8. The molecule has 3 rings (SSSR count). The molecule has 0 aliphatic heterocycles. The summed E-state index contributed by atoms with van der Waals surface area (Å²) >= 11 is 3.38. The first-order valence-corrected chi connectivity index (χ1v) is 10.2. The van der Waals surface area contributed by atoms with Crippen molar-refractivity contribution in [3.8, 4) is 11.5 Å². The van der Waals surface area contributed by atoms with Crippen LogP contribution in [0.5, 0.6) is 11.5 Å². The Labute approximate surface area is 178 Å². The second-order valence-corrected chi connectivity index (χ2v) is 7.37. The first kappa shape index (κ1) is 20.8. The van der Waals surface area contributed by atoms with E-state index in [1.807, 2.05) is 24.3 Å². The minimum absolute atomic E-state index is 0.0814. The van der Waals surface area contributed by atoms with Crippen molar-refractivity contribution < 1.29 is 19.1 Å². The molecule has 3 aromatic rings. The topological polar surface area (TPSA) is 52.6 Å². The zero-order chi connectivity index (χ0) is 20.6. The lowest BCUT2D eigenvalue weighted by Crippen LogP contribution is -2.11. The largest absolute Gasteiger partial charge is 0.493 e. The maximum Gasteiger partial charge on any atom is 0.347 e. The second kappa shape index (κ2) is 10.0. The zero-order valence-corrected chi connectivity index (χ0v) is 17.6. The highest BCUT2D eigenvalue weighted by molar-refractivity contribution is 9.10. The summed E-state index contributed by atoms with van der Waals surface area (Å²) in [6, 6.07) is 20.8. The summed E-state index contributed by atoms with van der Waals surface area (Å²) in [5.41, 5.74) is 1.49. The standard InChI is InChI=1S/C24H21BrO4/c1-2-3-15-28-22-14-11-19(25)16-21(22)24(27)29-20-12-9-18(10-13-20)23(26)17-7-5-4-6-8-17/h4-14,16H,2-3,15H2,1H3. The smallest absolute Gasteiger partial charge is 0.347 e. The van der Waals surface area contributed by atoms with Gasteiger partial charge in [0.15, 0.2) is 5.78 Å². The quantitative estimate of drug-likeness (QED) is 0.180. The summed E-state index contributed by atoms with van der Waals surface area (Å²) in [4.78, 5) is 25.1. The van der Waals surface area contributed by atoms with Gasteiger partial charge in [0, 0.05) is 15.6 Å². The van der Waals surface area contributed by atoms with Crippen molar-refractivity contribution in [2.45, 2.75) is 19.8 Å². The van der Waals surface area contributed by atoms with Gasteiger partial charge in [-0.1, -0.05) is 59.6 Å². The van der Waals surface area contributed by atoms with E-state index in [2.05, 4.69) is 22.9 Å². The van der Waals surface area contributed by atoms with E-state index in [9.17, 15) is 9.59 Å². The fourth-order valence-electron chi connectivity index (χ4n) is 2.71. The predicted molar refractivity (Wildman–Crippen MR) is 116 cm³/mol. The van der Waals surface area contributed by atoms with Crippen molar-refractivity contribution in [1.29, 1.82) is 0 Å². The molecule has 0 spiro atoms. The highest BCUT2D eigenvalue weighted by atomic mass is 79.9. The van der Waals surface area contributed by atoms with Crippen molar-refractivity contribution in [3.05, 3.63) is 94.0 Å². The van der Waals surface area contributed by atoms with Crippen LogP contribution in [-0.4, -0.2) is 18.4 Å². The van der Waals surface area contributed by atoms with Crippen LogP contribution in [0.25, 0.3) is 0 Å². The average Bonchev–Trinajstić information content (AvgIpc) is 2.75. The number of hydrogen-bond acceptors (Lipinski definition) is 4. The number of carbonyl (C=O) groups is 2. The first-order valence-electron chi connectivity index (χ1n) is 9.43. The molecule has 0 aliphatic carbocycles. The third-order valence-corrected chi connectivity index (χ3v) is 4.77. The van der Waals surface area contributed by atoms with Gasteiger partial charge in [0.05, 0.1) is 6.61 Å². The summed E-state index contributed by atoms with van der Waals surface area (Å²) in [6.45, 7) is 2.61. The average molecular weight is 453 g/mol. The Morgan fingerprint density at radius 1 is 0.897 bits per heavy atom. The number of benzene rings is 3. The van der Waals surface area contributed by atoms with Gasteiger partial charge in [0.1, 0.15) is 17.1 Å². The number of esters is 1. The Bertz CT molecular complexity index is 982. The van der Waals surface area contributed by atoms with Gasteiger partial charge >= 0.3 is 5.97 Å². The Kier molecular flexibility index (Phi) is 7.19.